The van der Waals surface area contributed by atoms with Gasteiger partial charge in [-0.25, -0.2) is 0 Å². The van der Waals surface area contributed by atoms with Crippen LogP contribution in [-0.4, -0.2) is 26.9 Å². The first-order valence-corrected chi connectivity index (χ1v) is 6.77. The molecule has 0 saturated heterocycles. The first kappa shape index (κ1) is 16.2. The van der Waals surface area contributed by atoms with E-state index in [1.54, 1.807) is 25.3 Å². The van der Waals surface area contributed by atoms with E-state index in [0.717, 1.165) is 0 Å². The van der Waals surface area contributed by atoms with Crippen LogP contribution >= 0.6 is 11.6 Å². The van der Waals surface area contributed by atoms with Gasteiger partial charge in [0.15, 0.2) is 0 Å². The van der Waals surface area contributed by atoms with Crippen molar-refractivity contribution < 1.29 is 18.9 Å². The Balaban J connectivity index is 3.28. The Hall–Kier alpha value is -0.810. The Labute approximate surface area is 119 Å². The van der Waals surface area contributed by atoms with Crippen LogP contribution in [0.15, 0.2) is 18.2 Å². The summed E-state index contributed by atoms with van der Waals surface area (Å²) in [6.45, 7) is 7.00. The minimum absolute atomic E-state index is 0.450. The first-order valence-electron chi connectivity index (χ1n) is 6.39. The predicted octanol–water partition coefficient (Wildman–Crippen LogP) is 3.57. The maximum absolute atomic E-state index is 5.97. The molecule has 0 bridgehead atoms. The van der Waals surface area contributed by atoms with Gasteiger partial charge in [0.05, 0.1) is 12.7 Å². The highest BCUT2D eigenvalue weighted by Gasteiger charge is 2.38. The number of benzene rings is 1. The van der Waals surface area contributed by atoms with Gasteiger partial charge in [-0.15, -0.1) is 0 Å². The van der Waals surface area contributed by atoms with Crippen molar-refractivity contribution in [3.8, 4) is 5.75 Å². The topological polar surface area (TPSA) is 36.9 Å². The molecule has 0 spiro atoms. The lowest BCUT2D eigenvalue weighted by Crippen LogP contribution is -2.37. The van der Waals surface area contributed by atoms with Crippen LogP contribution in [0.25, 0.3) is 0 Å². The van der Waals surface area contributed by atoms with Crippen molar-refractivity contribution >= 4 is 11.6 Å². The van der Waals surface area contributed by atoms with Gasteiger partial charge in [-0.1, -0.05) is 11.6 Å². The van der Waals surface area contributed by atoms with Gasteiger partial charge in [0.2, 0.25) is 0 Å². The lowest BCUT2D eigenvalue weighted by molar-refractivity contribution is -0.389. The summed E-state index contributed by atoms with van der Waals surface area (Å²) in [6.07, 6.45) is 0. The molecule has 0 aliphatic rings. The second-order valence-electron chi connectivity index (χ2n) is 3.70. The Kier molecular flexibility index (Phi) is 6.58. The molecule has 0 N–H and O–H groups in total. The fourth-order valence-electron chi connectivity index (χ4n) is 1.85. The minimum Gasteiger partial charge on any atom is -0.496 e. The normalized spacial score (nSPS) is 11.6. The molecule has 0 aromatic heterocycles. The van der Waals surface area contributed by atoms with Gasteiger partial charge in [0.25, 0.3) is 0 Å². The molecule has 0 heterocycles. The maximum atomic E-state index is 5.97. The molecule has 0 saturated carbocycles. The number of hydrogen-bond acceptors (Lipinski definition) is 4. The van der Waals surface area contributed by atoms with Gasteiger partial charge >= 0.3 is 5.97 Å². The quantitative estimate of drug-likeness (QED) is 0.685. The van der Waals surface area contributed by atoms with Crippen molar-refractivity contribution in [3.05, 3.63) is 28.8 Å². The summed E-state index contributed by atoms with van der Waals surface area (Å²) in [6, 6.07) is 5.26. The van der Waals surface area contributed by atoms with E-state index in [2.05, 4.69) is 0 Å². The first-order chi connectivity index (χ1) is 9.13. The van der Waals surface area contributed by atoms with Crippen LogP contribution in [0.4, 0.5) is 0 Å². The lowest BCUT2D eigenvalue weighted by atomic mass is 10.1. The summed E-state index contributed by atoms with van der Waals surface area (Å²) in [5.41, 5.74) is 0.671. The average molecular weight is 289 g/mol. The van der Waals surface area contributed by atoms with Crippen molar-refractivity contribution in [3.63, 3.8) is 0 Å². The molecule has 108 valence electrons. The number of rotatable bonds is 8. The summed E-state index contributed by atoms with van der Waals surface area (Å²) in [5, 5.41) is 0.582. The molecule has 1 rings (SSSR count). The van der Waals surface area contributed by atoms with E-state index in [0.29, 0.717) is 36.2 Å². The SMILES string of the molecule is CCOC(OCC)(OCC)c1ccc(Cl)cc1OC. The van der Waals surface area contributed by atoms with Crippen molar-refractivity contribution in [2.75, 3.05) is 26.9 Å². The smallest absolute Gasteiger partial charge is 0.315 e. The zero-order valence-corrected chi connectivity index (χ0v) is 12.6. The van der Waals surface area contributed by atoms with Crippen LogP contribution < -0.4 is 4.74 Å². The van der Waals surface area contributed by atoms with Gasteiger partial charge in [0, 0.05) is 24.8 Å². The van der Waals surface area contributed by atoms with Gasteiger partial charge in [-0.2, -0.15) is 0 Å². The second kappa shape index (κ2) is 7.70. The second-order valence-corrected chi connectivity index (χ2v) is 4.14. The molecule has 0 aliphatic heterocycles. The highest BCUT2D eigenvalue weighted by Crippen LogP contribution is 2.37. The van der Waals surface area contributed by atoms with Crippen LogP contribution in [0, 0.1) is 0 Å². The van der Waals surface area contributed by atoms with E-state index < -0.39 is 5.97 Å². The Bertz CT molecular complexity index is 378. The third-order valence-corrected chi connectivity index (χ3v) is 2.73. The number of methoxy groups -OCH3 is 1. The van der Waals surface area contributed by atoms with Crippen LogP contribution in [-0.2, 0) is 20.2 Å². The number of hydrogen-bond donors (Lipinski definition) is 0. The highest BCUT2D eigenvalue weighted by molar-refractivity contribution is 6.30. The summed E-state index contributed by atoms with van der Waals surface area (Å²) < 4.78 is 22.5. The van der Waals surface area contributed by atoms with E-state index >= 15 is 0 Å². The molecule has 0 atom stereocenters. The molecule has 0 aliphatic carbocycles. The molecule has 0 fully saturated rings. The minimum atomic E-state index is -1.26. The third-order valence-electron chi connectivity index (χ3n) is 2.50. The van der Waals surface area contributed by atoms with Gasteiger partial charge in [0.1, 0.15) is 5.75 Å². The van der Waals surface area contributed by atoms with E-state index in [1.807, 2.05) is 20.8 Å². The Morgan fingerprint density at radius 3 is 1.95 bits per heavy atom. The van der Waals surface area contributed by atoms with Crippen molar-refractivity contribution in [1.29, 1.82) is 0 Å². The fourth-order valence-corrected chi connectivity index (χ4v) is 2.01. The van der Waals surface area contributed by atoms with Crippen LogP contribution in [0.3, 0.4) is 0 Å². The van der Waals surface area contributed by atoms with Crippen LogP contribution in [0.5, 0.6) is 5.75 Å². The molecule has 0 amide bonds. The van der Waals surface area contributed by atoms with Crippen LogP contribution in [0.2, 0.25) is 5.02 Å². The summed E-state index contributed by atoms with van der Waals surface area (Å²) in [4.78, 5) is 0. The molecule has 1 aromatic carbocycles. The molecular formula is C14H21ClO4. The van der Waals surface area contributed by atoms with Crippen molar-refractivity contribution in [1.82, 2.24) is 0 Å². The molecule has 5 heteroatoms. The van der Waals surface area contributed by atoms with E-state index in [1.165, 1.54) is 0 Å². The zero-order valence-electron chi connectivity index (χ0n) is 11.9. The zero-order chi connectivity index (χ0) is 14.3. The average Bonchev–Trinajstić information content (AvgIpc) is 2.39. The molecule has 4 nitrogen and oxygen atoms in total. The Morgan fingerprint density at radius 1 is 1.00 bits per heavy atom. The van der Waals surface area contributed by atoms with E-state index in [9.17, 15) is 0 Å². The molecule has 0 unspecified atom stereocenters. The van der Waals surface area contributed by atoms with E-state index in [4.69, 9.17) is 30.5 Å². The third kappa shape index (κ3) is 3.83. The van der Waals surface area contributed by atoms with E-state index in [-0.39, 0.29) is 0 Å². The predicted molar refractivity (Wildman–Crippen MR) is 74.6 cm³/mol. The Morgan fingerprint density at radius 2 is 1.53 bits per heavy atom. The standard InChI is InChI=1S/C14H21ClO4/c1-5-17-14(18-6-2,19-7-3)12-9-8-11(15)10-13(12)16-4/h8-10H,5-7H2,1-4H3. The summed E-state index contributed by atoms with van der Waals surface area (Å²) in [5.74, 6) is -0.684. The maximum Gasteiger partial charge on any atom is 0.315 e. The van der Waals surface area contributed by atoms with Crippen LogP contribution in [0.1, 0.15) is 26.3 Å². The fraction of sp³-hybridized carbons (Fsp3) is 0.571. The van der Waals surface area contributed by atoms with Crippen molar-refractivity contribution in [2.24, 2.45) is 0 Å². The molecule has 19 heavy (non-hydrogen) atoms. The monoisotopic (exact) mass is 288 g/mol. The largest absolute Gasteiger partial charge is 0.496 e. The number of halogens is 1. The summed E-state index contributed by atoms with van der Waals surface area (Å²) in [7, 11) is 1.57. The molecule has 0 radical (unpaired) electrons. The molecule has 1 aromatic rings. The van der Waals surface area contributed by atoms with Crippen molar-refractivity contribution in [2.45, 2.75) is 26.7 Å². The molecular weight excluding hydrogens is 268 g/mol. The van der Waals surface area contributed by atoms with Gasteiger partial charge < -0.3 is 18.9 Å². The highest BCUT2D eigenvalue weighted by atomic mass is 35.5. The van der Waals surface area contributed by atoms with Gasteiger partial charge in [-0.3, -0.25) is 0 Å². The summed E-state index contributed by atoms with van der Waals surface area (Å²) >= 11 is 5.97. The van der Waals surface area contributed by atoms with Gasteiger partial charge in [-0.05, 0) is 39.0 Å². The lowest BCUT2D eigenvalue weighted by Gasteiger charge is -2.33. The number of ether oxygens (including phenoxy) is 4.